The van der Waals surface area contributed by atoms with E-state index < -0.39 is 0 Å². The molecule has 1 aromatic carbocycles. The van der Waals surface area contributed by atoms with Gasteiger partial charge in [0.05, 0.1) is 5.52 Å². The predicted molar refractivity (Wildman–Crippen MR) is 57.3 cm³/mol. The summed E-state index contributed by atoms with van der Waals surface area (Å²) in [5, 5.41) is 1.31. The Morgan fingerprint density at radius 2 is 2.17 bits per heavy atom. The Kier molecular flexibility index (Phi) is 2.14. The number of rotatable bonds is 0. The van der Waals surface area contributed by atoms with Crippen LogP contribution in [0.25, 0.3) is 10.9 Å². The van der Waals surface area contributed by atoms with Crippen LogP contribution in [0, 0.1) is 3.57 Å². The summed E-state index contributed by atoms with van der Waals surface area (Å²) in [5.41, 5.74) is 0.885. The van der Waals surface area contributed by atoms with Gasteiger partial charge in [0.2, 0.25) is 5.28 Å². The van der Waals surface area contributed by atoms with E-state index in [0.29, 0.717) is 5.28 Å². The van der Waals surface area contributed by atoms with Gasteiger partial charge < -0.3 is 0 Å². The topological polar surface area (TPSA) is 25.8 Å². The fraction of sp³-hybridized carbons (Fsp3) is 0. The number of hydrogen-bond acceptors (Lipinski definition) is 2. The molecule has 12 heavy (non-hydrogen) atoms. The van der Waals surface area contributed by atoms with Gasteiger partial charge in [-0.15, -0.1) is 0 Å². The van der Waals surface area contributed by atoms with E-state index in [9.17, 15) is 0 Å². The van der Waals surface area contributed by atoms with E-state index in [4.69, 9.17) is 11.6 Å². The minimum Gasteiger partial charge on any atom is -0.226 e. The lowest BCUT2D eigenvalue weighted by Crippen LogP contribution is -1.83. The van der Waals surface area contributed by atoms with Gasteiger partial charge in [-0.3, -0.25) is 0 Å². The van der Waals surface area contributed by atoms with E-state index in [0.717, 1.165) is 10.9 Å². The summed E-state index contributed by atoms with van der Waals surface area (Å²) in [6, 6.07) is 5.95. The standard InChI is InChI=1S/C8H4ClIN2/c9-8-11-4-5-3-6(10)1-2-7(5)12-8/h1-4H. The van der Waals surface area contributed by atoms with E-state index >= 15 is 0 Å². The lowest BCUT2D eigenvalue weighted by molar-refractivity contribution is 1.22. The summed E-state index contributed by atoms with van der Waals surface area (Å²) < 4.78 is 1.17. The van der Waals surface area contributed by atoms with Crippen LogP contribution in [0.4, 0.5) is 0 Å². The Morgan fingerprint density at radius 3 is 3.00 bits per heavy atom. The monoisotopic (exact) mass is 290 g/mol. The van der Waals surface area contributed by atoms with Crippen molar-refractivity contribution in [2.75, 3.05) is 0 Å². The van der Waals surface area contributed by atoms with Crippen molar-refractivity contribution >= 4 is 45.1 Å². The molecule has 1 heterocycles. The van der Waals surface area contributed by atoms with Crippen LogP contribution in [-0.2, 0) is 0 Å². The average molecular weight is 290 g/mol. The highest BCUT2D eigenvalue weighted by atomic mass is 127. The maximum absolute atomic E-state index is 5.63. The van der Waals surface area contributed by atoms with Gasteiger partial charge in [-0.1, -0.05) is 0 Å². The molecule has 0 amide bonds. The predicted octanol–water partition coefficient (Wildman–Crippen LogP) is 2.89. The molecular formula is C8H4ClIN2. The Bertz CT molecular complexity index is 389. The molecule has 0 aliphatic heterocycles. The van der Waals surface area contributed by atoms with Gasteiger partial charge in [-0.25, -0.2) is 9.97 Å². The van der Waals surface area contributed by atoms with Crippen molar-refractivity contribution in [3.8, 4) is 0 Å². The fourth-order valence-electron chi connectivity index (χ4n) is 0.982. The molecule has 0 radical (unpaired) electrons. The molecule has 0 saturated carbocycles. The molecule has 0 fully saturated rings. The van der Waals surface area contributed by atoms with Gasteiger partial charge in [0, 0.05) is 15.2 Å². The molecule has 2 aromatic rings. The Morgan fingerprint density at radius 1 is 1.33 bits per heavy atom. The molecule has 0 spiro atoms. The molecule has 0 N–H and O–H groups in total. The second-order valence-corrected chi connectivity index (χ2v) is 3.93. The molecule has 0 atom stereocenters. The highest BCUT2D eigenvalue weighted by Gasteiger charge is 1.96. The quantitative estimate of drug-likeness (QED) is 0.551. The normalized spacial score (nSPS) is 10.5. The first-order valence-electron chi connectivity index (χ1n) is 3.33. The second-order valence-electron chi connectivity index (χ2n) is 2.34. The third-order valence-electron chi connectivity index (χ3n) is 1.51. The summed E-state index contributed by atoms with van der Waals surface area (Å²) in [6.45, 7) is 0. The molecule has 60 valence electrons. The lowest BCUT2D eigenvalue weighted by Gasteiger charge is -1.96. The third-order valence-corrected chi connectivity index (χ3v) is 2.37. The first kappa shape index (κ1) is 8.19. The average Bonchev–Trinajstić information content (AvgIpc) is 2.05. The van der Waals surface area contributed by atoms with Gasteiger partial charge in [-0.2, -0.15) is 0 Å². The zero-order valence-corrected chi connectivity index (χ0v) is 8.87. The first-order valence-corrected chi connectivity index (χ1v) is 4.79. The van der Waals surface area contributed by atoms with Gasteiger partial charge in [0.25, 0.3) is 0 Å². The number of hydrogen-bond donors (Lipinski definition) is 0. The highest BCUT2D eigenvalue weighted by Crippen LogP contribution is 2.15. The van der Waals surface area contributed by atoms with Crippen LogP contribution in [0.15, 0.2) is 24.4 Å². The van der Waals surface area contributed by atoms with E-state index in [1.807, 2.05) is 18.2 Å². The summed E-state index contributed by atoms with van der Waals surface area (Å²) in [5.74, 6) is 0. The molecule has 0 unspecified atom stereocenters. The van der Waals surface area contributed by atoms with Crippen LogP contribution in [0.1, 0.15) is 0 Å². The number of aromatic nitrogens is 2. The summed E-state index contributed by atoms with van der Waals surface area (Å²) >= 11 is 7.88. The minimum atomic E-state index is 0.295. The SMILES string of the molecule is Clc1ncc2cc(I)ccc2n1. The smallest absolute Gasteiger partial charge is 0.222 e. The Hall–Kier alpha value is -0.420. The summed E-state index contributed by atoms with van der Waals surface area (Å²) in [7, 11) is 0. The van der Waals surface area contributed by atoms with Gasteiger partial charge in [0.15, 0.2) is 0 Å². The van der Waals surface area contributed by atoms with E-state index in [1.54, 1.807) is 6.20 Å². The summed E-state index contributed by atoms with van der Waals surface area (Å²) in [4.78, 5) is 7.97. The molecular weight excluding hydrogens is 286 g/mol. The lowest BCUT2D eigenvalue weighted by atomic mass is 10.2. The zero-order chi connectivity index (χ0) is 8.55. The molecule has 2 nitrogen and oxygen atoms in total. The van der Waals surface area contributed by atoms with Crippen LogP contribution in [0.3, 0.4) is 0 Å². The first-order chi connectivity index (χ1) is 5.75. The molecule has 0 aliphatic carbocycles. The van der Waals surface area contributed by atoms with Crippen molar-refractivity contribution in [3.63, 3.8) is 0 Å². The van der Waals surface area contributed by atoms with Crippen molar-refractivity contribution < 1.29 is 0 Å². The van der Waals surface area contributed by atoms with Crippen molar-refractivity contribution in [1.82, 2.24) is 9.97 Å². The van der Waals surface area contributed by atoms with Crippen LogP contribution in [0.5, 0.6) is 0 Å². The number of fused-ring (bicyclic) bond motifs is 1. The highest BCUT2D eigenvalue weighted by molar-refractivity contribution is 14.1. The van der Waals surface area contributed by atoms with Crippen molar-refractivity contribution in [2.45, 2.75) is 0 Å². The van der Waals surface area contributed by atoms with Crippen molar-refractivity contribution in [1.29, 1.82) is 0 Å². The second kappa shape index (κ2) is 3.14. The molecule has 0 aliphatic rings. The van der Waals surface area contributed by atoms with E-state index in [2.05, 4.69) is 32.6 Å². The molecule has 4 heteroatoms. The van der Waals surface area contributed by atoms with Crippen LogP contribution in [-0.4, -0.2) is 9.97 Å². The van der Waals surface area contributed by atoms with E-state index in [1.165, 1.54) is 3.57 Å². The molecule has 2 rings (SSSR count). The molecule has 0 bridgehead atoms. The largest absolute Gasteiger partial charge is 0.226 e. The Labute approximate surface area is 88.1 Å². The number of halogens is 2. The summed E-state index contributed by atoms with van der Waals surface area (Å²) in [6.07, 6.45) is 1.73. The maximum atomic E-state index is 5.63. The van der Waals surface area contributed by atoms with Crippen LogP contribution < -0.4 is 0 Å². The molecule has 1 aromatic heterocycles. The Balaban J connectivity index is 2.79. The fourth-order valence-corrected chi connectivity index (χ4v) is 1.64. The van der Waals surface area contributed by atoms with Crippen LogP contribution in [0.2, 0.25) is 5.28 Å². The van der Waals surface area contributed by atoms with Gasteiger partial charge in [0.1, 0.15) is 0 Å². The maximum Gasteiger partial charge on any atom is 0.222 e. The molecule has 0 saturated heterocycles. The number of benzene rings is 1. The van der Waals surface area contributed by atoms with Crippen molar-refractivity contribution in [3.05, 3.63) is 33.2 Å². The number of nitrogens with zero attached hydrogens (tertiary/aromatic N) is 2. The van der Waals surface area contributed by atoms with Crippen molar-refractivity contribution in [2.24, 2.45) is 0 Å². The minimum absolute atomic E-state index is 0.295. The zero-order valence-electron chi connectivity index (χ0n) is 5.96. The third kappa shape index (κ3) is 1.51. The van der Waals surface area contributed by atoms with Gasteiger partial charge in [-0.05, 0) is 52.4 Å². The van der Waals surface area contributed by atoms with Gasteiger partial charge >= 0.3 is 0 Å². The van der Waals surface area contributed by atoms with E-state index in [-0.39, 0.29) is 0 Å². The van der Waals surface area contributed by atoms with Crippen LogP contribution >= 0.6 is 34.2 Å².